The number of amides is 1. The number of aliphatic hydroxyl groups is 1. The zero-order valence-corrected chi connectivity index (χ0v) is 24.8. The van der Waals surface area contributed by atoms with Crippen molar-refractivity contribution in [1.82, 2.24) is 15.2 Å². The Morgan fingerprint density at radius 3 is 2.52 bits per heavy atom. The number of Topliss-reactive ketones (excluding diaryl/α,β-unsaturated/α-hetero) is 4. The summed E-state index contributed by atoms with van der Waals surface area (Å²) in [5, 5.41) is 26.1. The highest BCUT2D eigenvalue weighted by atomic mass is 19.1. The standard InChI is InChI=1S/C31H35FN4O8/c1-13(10-32)34-12-16-8-17(14-5-6-20(44-4)35-11-14)18-7-15-9-19-24(36(2)3)27(39)23(30(33)42)29(41)31(19,43)28(40)21(15)26(38)22(18)25(16)37/h5-6,8,11,13,15,19,21,23-24,34,37,43H,7,9-10,12H2,1-4H3,(H2,33,42)/t13?,15-,19-,21?,23?,24-,31-/m0/s1. The minimum absolute atomic E-state index is 0.00643. The molecule has 5 N–H and O–H groups in total. The summed E-state index contributed by atoms with van der Waals surface area (Å²) in [4.78, 5) is 73.1. The number of phenolic OH excluding ortho intramolecular Hbond substituents is 1. The number of nitrogens with two attached hydrogens (primary N) is 1. The van der Waals surface area contributed by atoms with Gasteiger partial charge in [-0.15, -0.1) is 0 Å². The second kappa shape index (κ2) is 11.5. The van der Waals surface area contributed by atoms with E-state index in [1.807, 2.05) is 0 Å². The van der Waals surface area contributed by atoms with Gasteiger partial charge in [-0.25, -0.2) is 9.37 Å². The van der Waals surface area contributed by atoms with Crippen LogP contribution in [-0.2, 0) is 32.1 Å². The van der Waals surface area contributed by atoms with Crippen molar-refractivity contribution in [1.29, 1.82) is 0 Å². The smallest absolute Gasteiger partial charge is 0.235 e. The van der Waals surface area contributed by atoms with Crippen LogP contribution in [0.15, 0.2) is 24.4 Å². The summed E-state index contributed by atoms with van der Waals surface area (Å²) in [6.07, 6.45) is 1.57. The molecule has 1 aromatic carbocycles. The van der Waals surface area contributed by atoms with E-state index in [1.54, 1.807) is 31.3 Å². The number of ketones is 4. The quantitative estimate of drug-likeness (QED) is 0.303. The van der Waals surface area contributed by atoms with E-state index < -0.39 is 82.8 Å². The Morgan fingerprint density at radius 2 is 1.95 bits per heavy atom. The maximum atomic E-state index is 14.2. The fraction of sp³-hybridized carbons (Fsp3) is 0.484. The maximum absolute atomic E-state index is 14.2. The Bertz CT molecular complexity index is 1560. The average molecular weight is 611 g/mol. The van der Waals surface area contributed by atoms with Gasteiger partial charge in [0.15, 0.2) is 34.7 Å². The molecular weight excluding hydrogens is 575 g/mol. The number of hydrogen-bond donors (Lipinski definition) is 4. The molecule has 0 aliphatic heterocycles. The minimum atomic E-state index is -2.81. The molecule has 5 rings (SSSR count). The monoisotopic (exact) mass is 610 g/mol. The Morgan fingerprint density at radius 1 is 1.25 bits per heavy atom. The van der Waals surface area contributed by atoms with Crippen LogP contribution in [0.5, 0.6) is 11.6 Å². The van der Waals surface area contributed by atoms with Crippen molar-refractivity contribution in [3.8, 4) is 22.8 Å². The molecule has 1 aromatic heterocycles. The molecule has 3 aliphatic rings. The minimum Gasteiger partial charge on any atom is -0.507 e. The number of phenols is 1. The number of likely N-dealkylation sites (N-methyl/N-ethyl adjacent to an activating group) is 1. The number of carbonyl (C=O) groups excluding carboxylic acids is 5. The lowest BCUT2D eigenvalue weighted by Gasteiger charge is -2.52. The summed E-state index contributed by atoms with van der Waals surface area (Å²) in [6.45, 7) is 0.936. The van der Waals surface area contributed by atoms with Crippen LogP contribution in [0, 0.1) is 23.7 Å². The van der Waals surface area contributed by atoms with Crippen LogP contribution in [0.1, 0.15) is 34.8 Å². The Balaban J connectivity index is 1.67. The molecule has 12 nitrogen and oxygen atoms in total. The summed E-state index contributed by atoms with van der Waals surface area (Å²) in [5.74, 6) is -10.9. The van der Waals surface area contributed by atoms with Gasteiger partial charge in [-0.1, -0.05) is 0 Å². The van der Waals surface area contributed by atoms with E-state index in [2.05, 4.69) is 10.3 Å². The third kappa shape index (κ3) is 4.70. The molecule has 1 amide bonds. The fourth-order valence-electron chi connectivity index (χ4n) is 7.12. The van der Waals surface area contributed by atoms with Gasteiger partial charge in [0, 0.05) is 41.9 Å². The van der Waals surface area contributed by atoms with Crippen molar-refractivity contribution >= 4 is 29.0 Å². The van der Waals surface area contributed by atoms with Gasteiger partial charge >= 0.3 is 0 Å². The SMILES string of the molecule is COc1ccc(-c2cc(CNC(C)CF)c(O)c3c2C[C@H]2C[C@H]4[C@H](N(C)C)C(=O)C(C(N)=O)C(=O)[C@@]4(O)C(=O)C2C3=O)cn1. The van der Waals surface area contributed by atoms with Gasteiger partial charge in [0.1, 0.15) is 12.4 Å². The number of alkyl halides is 1. The zero-order valence-electron chi connectivity index (χ0n) is 24.8. The van der Waals surface area contributed by atoms with Crippen molar-refractivity contribution in [2.75, 3.05) is 27.9 Å². The van der Waals surface area contributed by atoms with Crippen molar-refractivity contribution in [2.45, 2.75) is 44.0 Å². The molecule has 3 unspecified atom stereocenters. The highest BCUT2D eigenvalue weighted by Gasteiger charge is 2.69. The van der Waals surface area contributed by atoms with Gasteiger partial charge in [0.25, 0.3) is 0 Å². The van der Waals surface area contributed by atoms with Gasteiger partial charge in [0.05, 0.1) is 24.6 Å². The third-order valence-corrected chi connectivity index (χ3v) is 9.27. The van der Waals surface area contributed by atoms with Gasteiger partial charge in [-0.05, 0) is 63.0 Å². The topological polar surface area (TPSA) is 189 Å². The maximum Gasteiger partial charge on any atom is 0.235 e. The number of fused-ring (bicyclic) bond motifs is 3. The van der Waals surface area contributed by atoms with Gasteiger partial charge in [0.2, 0.25) is 11.8 Å². The molecule has 0 saturated heterocycles. The molecule has 13 heteroatoms. The molecule has 3 aliphatic carbocycles. The second-order valence-electron chi connectivity index (χ2n) is 12.1. The number of carbonyl (C=O) groups is 5. The number of benzene rings is 1. The van der Waals surface area contributed by atoms with Crippen LogP contribution in [0.25, 0.3) is 11.1 Å². The first-order chi connectivity index (χ1) is 20.8. The first-order valence-electron chi connectivity index (χ1n) is 14.3. The van der Waals surface area contributed by atoms with Crippen LogP contribution in [0.4, 0.5) is 4.39 Å². The third-order valence-electron chi connectivity index (χ3n) is 9.27. The van der Waals surface area contributed by atoms with Crippen LogP contribution in [0.3, 0.4) is 0 Å². The summed E-state index contributed by atoms with van der Waals surface area (Å²) in [7, 11) is 4.52. The summed E-state index contributed by atoms with van der Waals surface area (Å²) < 4.78 is 18.4. The van der Waals surface area contributed by atoms with Crippen LogP contribution in [0.2, 0.25) is 0 Å². The first kappa shape index (κ1) is 31.4. The molecule has 2 saturated carbocycles. The summed E-state index contributed by atoms with van der Waals surface area (Å²) >= 11 is 0. The second-order valence-corrected chi connectivity index (χ2v) is 12.1. The Kier molecular flexibility index (Phi) is 8.16. The fourth-order valence-corrected chi connectivity index (χ4v) is 7.12. The van der Waals surface area contributed by atoms with Crippen LogP contribution in [-0.4, -0.2) is 94.7 Å². The molecular formula is C31H35FN4O8. The van der Waals surface area contributed by atoms with E-state index in [4.69, 9.17) is 10.5 Å². The lowest BCUT2D eigenvalue weighted by Crippen LogP contribution is -2.74. The number of aromatic nitrogens is 1. The van der Waals surface area contributed by atoms with Gasteiger partial charge < -0.3 is 26.0 Å². The number of primary amides is 1. The number of aromatic hydroxyl groups is 1. The molecule has 0 bridgehead atoms. The number of rotatable bonds is 8. The van der Waals surface area contributed by atoms with Crippen molar-refractivity contribution < 1.29 is 43.3 Å². The number of nitrogens with zero attached hydrogens (tertiary/aromatic N) is 2. The summed E-state index contributed by atoms with van der Waals surface area (Å²) in [6, 6.07) is 3.29. The highest BCUT2D eigenvalue weighted by Crippen LogP contribution is 2.52. The van der Waals surface area contributed by atoms with Gasteiger partial charge in [-0.3, -0.25) is 28.9 Å². The number of nitrogens with one attached hydrogen (secondary N) is 1. The number of hydrogen-bond acceptors (Lipinski definition) is 11. The van der Waals surface area contributed by atoms with Crippen molar-refractivity contribution in [3.63, 3.8) is 0 Å². The lowest BCUT2D eigenvalue weighted by molar-refractivity contribution is -0.181. The summed E-state index contributed by atoms with van der Waals surface area (Å²) in [5.41, 5.74) is 4.26. The molecule has 1 heterocycles. The number of ether oxygens (including phenoxy) is 1. The number of methoxy groups -OCH3 is 1. The normalized spacial score (nSPS) is 28.8. The Hall–Kier alpha value is -4.07. The van der Waals surface area contributed by atoms with E-state index >= 15 is 0 Å². The Labute approximate surface area is 252 Å². The molecule has 2 fully saturated rings. The van der Waals surface area contributed by atoms with E-state index in [0.717, 1.165) is 0 Å². The molecule has 7 atom stereocenters. The molecule has 0 radical (unpaired) electrons. The number of pyridine rings is 1. The number of halogens is 1. The largest absolute Gasteiger partial charge is 0.507 e. The van der Waals surface area contributed by atoms with Crippen LogP contribution >= 0.6 is 0 Å². The molecule has 44 heavy (non-hydrogen) atoms. The molecule has 234 valence electrons. The predicted molar refractivity (Wildman–Crippen MR) is 153 cm³/mol. The van der Waals surface area contributed by atoms with Crippen LogP contribution < -0.4 is 15.8 Å². The van der Waals surface area contributed by atoms with Gasteiger partial charge in [-0.2, -0.15) is 0 Å². The van der Waals surface area contributed by atoms with E-state index in [1.165, 1.54) is 26.1 Å². The van der Waals surface area contributed by atoms with Crippen molar-refractivity contribution in [2.24, 2.45) is 29.4 Å². The molecule has 0 spiro atoms. The van der Waals surface area contributed by atoms with Crippen molar-refractivity contribution in [3.05, 3.63) is 41.1 Å². The average Bonchev–Trinajstić information content (AvgIpc) is 2.98. The predicted octanol–water partition coefficient (Wildman–Crippen LogP) is 0.385. The first-order valence-corrected chi connectivity index (χ1v) is 14.3. The zero-order chi connectivity index (χ0) is 32.2. The lowest BCUT2D eigenvalue weighted by atomic mass is 9.52. The highest BCUT2D eigenvalue weighted by molar-refractivity contribution is 6.32. The van der Waals surface area contributed by atoms with E-state index in [0.29, 0.717) is 22.6 Å². The van der Waals surface area contributed by atoms with E-state index in [-0.39, 0.29) is 30.5 Å². The molecule has 2 aromatic rings. The van der Waals surface area contributed by atoms with E-state index in [9.17, 15) is 38.6 Å².